The molecule has 1 radical (unpaired) electrons. The fraction of sp³-hybridized carbons (Fsp3) is 0. The number of carbonyl (C=O) groups is 2. The van der Waals surface area contributed by atoms with Crippen LogP contribution >= 0.6 is 0 Å². The molecular formula is C4H2NO3. The lowest BCUT2D eigenvalue weighted by molar-refractivity contribution is -0.132. The molecule has 4 heteroatoms. The van der Waals surface area contributed by atoms with Crippen molar-refractivity contribution in [3.63, 3.8) is 0 Å². The molecule has 0 spiro atoms. The van der Waals surface area contributed by atoms with Crippen LogP contribution < -0.4 is 5.32 Å². The Balaban J connectivity index is 2.68. The maximum Gasteiger partial charge on any atom is 0.441 e. The number of nitrogens with zero attached hydrogens (tertiary/aromatic N) is 1. The van der Waals surface area contributed by atoms with Crippen molar-refractivity contribution in [3.8, 4) is 0 Å². The Morgan fingerprint density at radius 3 is 2.62 bits per heavy atom. The standard InChI is InChI=1S/C4H2NO3/c6-3-1-2-5-4(7)8-3/h1-2H. The summed E-state index contributed by atoms with van der Waals surface area (Å²) < 4.78 is 3.95. The van der Waals surface area contributed by atoms with Crippen LogP contribution in [0.2, 0.25) is 0 Å². The zero-order valence-corrected chi connectivity index (χ0v) is 3.83. The second-order valence-corrected chi connectivity index (χ2v) is 1.13. The maximum absolute atomic E-state index is 10.1. The molecule has 0 fully saturated rings. The minimum Gasteiger partial charge on any atom is -0.371 e. The van der Waals surface area contributed by atoms with Crippen molar-refractivity contribution < 1.29 is 14.3 Å². The summed E-state index contributed by atoms with van der Waals surface area (Å²) in [6, 6.07) is 0. The number of amides is 1. The highest BCUT2D eigenvalue weighted by atomic mass is 16.6. The Kier molecular flexibility index (Phi) is 0.997. The van der Waals surface area contributed by atoms with Crippen LogP contribution in [0.1, 0.15) is 0 Å². The third-order valence-electron chi connectivity index (χ3n) is 0.578. The van der Waals surface area contributed by atoms with Gasteiger partial charge in [-0.3, -0.25) is 0 Å². The van der Waals surface area contributed by atoms with Crippen LogP contribution in [-0.4, -0.2) is 12.1 Å². The molecule has 1 rings (SSSR count). The molecule has 0 atom stereocenters. The Hall–Kier alpha value is -1.32. The van der Waals surface area contributed by atoms with Crippen LogP contribution in [0.5, 0.6) is 0 Å². The molecule has 1 heterocycles. The number of carbonyl (C=O) groups excluding carboxylic acids is 2. The number of esters is 1. The zero-order valence-electron chi connectivity index (χ0n) is 3.83. The fourth-order valence-electron chi connectivity index (χ4n) is 0.305. The molecule has 0 aliphatic carbocycles. The van der Waals surface area contributed by atoms with Gasteiger partial charge in [0, 0.05) is 12.3 Å². The highest BCUT2D eigenvalue weighted by molar-refractivity contribution is 5.94. The first-order valence-electron chi connectivity index (χ1n) is 1.92. The number of cyclic esters (lactones) is 2. The maximum atomic E-state index is 10.1. The van der Waals surface area contributed by atoms with E-state index in [1.807, 2.05) is 0 Å². The van der Waals surface area contributed by atoms with Gasteiger partial charge in [0.25, 0.3) is 0 Å². The first-order chi connectivity index (χ1) is 3.79. The van der Waals surface area contributed by atoms with Gasteiger partial charge in [0.05, 0.1) is 0 Å². The van der Waals surface area contributed by atoms with Gasteiger partial charge in [0.15, 0.2) is 0 Å². The molecule has 0 saturated carbocycles. The van der Waals surface area contributed by atoms with Crippen LogP contribution in [0.25, 0.3) is 0 Å². The van der Waals surface area contributed by atoms with Gasteiger partial charge in [0.2, 0.25) is 0 Å². The van der Waals surface area contributed by atoms with E-state index in [0.717, 1.165) is 12.3 Å². The van der Waals surface area contributed by atoms with E-state index in [4.69, 9.17) is 0 Å². The van der Waals surface area contributed by atoms with Crippen molar-refractivity contribution in [2.75, 3.05) is 0 Å². The summed E-state index contributed by atoms with van der Waals surface area (Å²) in [6.45, 7) is 0. The molecular weight excluding hydrogens is 110 g/mol. The summed E-state index contributed by atoms with van der Waals surface area (Å²) in [5.74, 6) is -0.662. The number of hydrogen-bond acceptors (Lipinski definition) is 3. The first kappa shape index (κ1) is 4.83. The molecule has 8 heavy (non-hydrogen) atoms. The summed E-state index contributed by atoms with van der Waals surface area (Å²) in [6.07, 6.45) is 1.33. The second-order valence-electron chi connectivity index (χ2n) is 1.13. The van der Waals surface area contributed by atoms with Crippen LogP contribution in [0, 0.1) is 0 Å². The number of rotatable bonds is 0. The SMILES string of the molecule is O=C1C=C[N]C(=O)O1. The lowest BCUT2D eigenvalue weighted by Gasteiger charge is -1.99. The van der Waals surface area contributed by atoms with Gasteiger partial charge in [-0.1, -0.05) is 0 Å². The molecule has 1 aliphatic rings. The summed E-state index contributed by atoms with van der Waals surface area (Å²) in [5, 5.41) is 3.12. The van der Waals surface area contributed by atoms with Gasteiger partial charge in [-0.15, -0.1) is 0 Å². The molecule has 41 valence electrons. The van der Waals surface area contributed by atoms with Gasteiger partial charge >= 0.3 is 12.1 Å². The van der Waals surface area contributed by atoms with Gasteiger partial charge in [0.1, 0.15) is 0 Å². The zero-order chi connectivity index (χ0) is 5.98. The van der Waals surface area contributed by atoms with E-state index in [1.54, 1.807) is 0 Å². The van der Waals surface area contributed by atoms with Crippen molar-refractivity contribution in [2.24, 2.45) is 0 Å². The second kappa shape index (κ2) is 1.65. The Labute approximate surface area is 45.1 Å². The monoisotopic (exact) mass is 112 g/mol. The third kappa shape index (κ3) is 0.841. The highest BCUT2D eigenvalue weighted by Gasteiger charge is 2.10. The number of ether oxygens (including phenoxy) is 1. The van der Waals surface area contributed by atoms with Crippen molar-refractivity contribution in [2.45, 2.75) is 0 Å². The van der Waals surface area contributed by atoms with Crippen LogP contribution in [-0.2, 0) is 9.53 Å². The molecule has 0 unspecified atom stereocenters. The van der Waals surface area contributed by atoms with E-state index in [0.29, 0.717) is 0 Å². The van der Waals surface area contributed by atoms with Gasteiger partial charge in [-0.2, -0.15) is 5.32 Å². The van der Waals surface area contributed by atoms with Crippen molar-refractivity contribution in [1.29, 1.82) is 0 Å². The van der Waals surface area contributed by atoms with Gasteiger partial charge in [-0.25, -0.2) is 9.59 Å². The lowest BCUT2D eigenvalue weighted by atomic mass is 10.6. The smallest absolute Gasteiger partial charge is 0.371 e. The minimum atomic E-state index is -0.850. The van der Waals surface area contributed by atoms with E-state index in [-0.39, 0.29) is 0 Å². The molecule has 1 amide bonds. The third-order valence-corrected chi connectivity index (χ3v) is 0.578. The Morgan fingerprint density at radius 2 is 2.25 bits per heavy atom. The van der Waals surface area contributed by atoms with Crippen molar-refractivity contribution in [1.82, 2.24) is 5.32 Å². The average molecular weight is 112 g/mol. The lowest BCUT2D eigenvalue weighted by Crippen LogP contribution is -2.20. The first-order valence-corrected chi connectivity index (χ1v) is 1.92. The van der Waals surface area contributed by atoms with Crippen LogP contribution in [0.3, 0.4) is 0 Å². The molecule has 0 saturated heterocycles. The molecule has 0 aromatic heterocycles. The van der Waals surface area contributed by atoms with E-state index in [1.165, 1.54) is 0 Å². The fourth-order valence-corrected chi connectivity index (χ4v) is 0.305. The predicted octanol–water partition coefficient (Wildman–Crippen LogP) is -0.219. The summed E-state index contributed by atoms with van der Waals surface area (Å²) >= 11 is 0. The Bertz CT molecular complexity index is 161. The molecule has 1 aliphatic heterocycles. The number of hydrogen-bond donors (Lipinski definition) is 0. The molecule has 0 aromatic rings. The van der Waals surface area contributed by atoms with Gasteiger partial charge < -0.3 is 4.74 Å². The van der Waals surface area contributed by atoms with E-state index >= 15 is 0 Å². The summed E-state index contributed by atoms with van der Waals surface area (Å²) in [7, 11) is 0. The molecule has 0 aromatic carbocycles. The molecule has 0 bridgehead atoms. The topological polar surface area (TPSA) is 57.5 Å². The highest BCUT2D eigenvalue weighted by Crippen LogP contribution is 1.89. The van der Waals surface area contributed by atoms with E-state index in [2.05, 4.69) is 10.1 Å². The van der Waals surface area contributed by atoms with Crippen molar-refractivity contribution in [3.05, 3.63) is 12.3 Å². The minimum absolute atomic E-state index is 0.662. The Morgan fingerprint density at radius 1 is 1.50 bits per heavy atom. The molecule has 4 nitrogen and oxygen atoms in total. The van der Waals surface area contributed by atoms with Crippen molar-refractivity contribution >= 4 is 12.1 Å². The average Bonchev–Trinajstić information content (AvgIpc) is 1.64. The predicted molar refractivity (Wildman–Crippen MR) is 22.8 cm³/mol. The van der Waals surface area contributed by atoms with Crippen LogP contribution in [0.15, 0.2) is 12.3 Å². The van der Waals surface area contributed by atoms with Crippen LogP contribution in [0.4, 0.5) is 4.79 Å². The summed E-state index contributed by atoms with van der Waals surface area (Å²) in [4.78, 5) is 20.1. The van der Waals surface area contributed by atoms with E-state index in [9.17, 15) is 9.59 Å². The quantitative estimate of drug-likeness (QED) is 0.321. The van der Waals surface area contributed by atoms with E-state index < -0.39 is 12.1 Å². The normalized spacial score (nSPS) is 17.5. The molecule has 0 N–H and O–H groups in total. The van der Waals surface area contributed by atoms with Gasteiger partial charge in [-0.05, 0) is 0 Å². The summed E-state index contributed by atoms with van der Waals surface area (Å²) in [5.41, 5.74) is 0. The largest absolute Gasteiger partial charge is 0.441 e.